The van der Waals surface area contributed by atoms with E-state index < -0.39 is 0 Å². The summed E-state index contributed by atoms with van der Waals surface area (Å²) in [7, 11) is 1.41. The van der Waals surface area contributed by atoms with Gasteiger partial charge in [0.1, 0.15) is 0 Å². The predicted molar refractivity (Wildman–Crippen MR) is 66.8 cm³/mol. The lowest BCUT2D eigenvalue weighted by molar-refractivity contribution is -0.140. The van der Waals surface area contributed by atoms with Gasteiger partial charge in [-0.1, -0.05) is 24.3 Å². The van der Waals surface area contributed by atoms with Crippen molar-refractivity contribution in [2.24, 2.45) is 5.73 Å². The van der Waals surface area contributed by atoms with Crippen molar-refractivity contribution in [3.63, 3.8) is 0 Å². The Labute approximate surface area is 102 Å². The highest BCUT2D eigenvalue weighted by molar-refractivity contribution is 5.85. The Bertz CT molecular complexity index is 311. The van der Waals surface area contributed by atoms with E-state index in [2.05, 4.69) is 16.9 Å². The maximum atomic E-state index is 10.9. The van der Waals surface area contributed by atoms with Crippen LogP contribution in [0.2, 0.25) is 0 Å². The maximum Gasteiger partial charge on any atom is 0.305 e. The average Bonchev–Trinajstić information content (AvgIpc) is 2.28. The number of halogens is 1. The van der Waals surface area contributed by atoms with Crippen LogP contribution in [-0.4, -0.2) is 19.6 Å². The van der Waals surface area contributed by atoms with Crippen molar-refractivity contribution in [1.82, 2.24) is 0 Å². The minimum atomic E-state index is -0.166. The molecule has 1 aromatic carbocycles. The standard InChI is InChI=1S/C12H17NO2.ClH/c1-15-12(14)7-6-10-2-4-11(5-3-10)8-9-13;/h2-5H,6-9,13H2,1H3;1H. The lowest BCUT2D eigenvalue weighted by Crippen LogP contribution is -2.03. The molecule has 0 heterocycles. The summed E-state index contributed by atoms with van der Waals surface area (Å²) in [5.74, 6) is -0.166. The summed E-state index contributed by atoms with van der Waals surface area (Å²) >= 11 is 0. The van der Waals surface area contributed by atoms with Crippen LogP contribution in [0, 0.1) is 0 Å². The highest BCUT2D eigenvalue weighted by atomic mass is 35.5. The summed E-state index contributed by atoms with van der Waals surface area (Å²) in [5, 5.41) is 0. The number of benzene rings is 1. The van der Waals surface area contributed by atoms with Gasteiger partial charge < -0.3 is 10.5 Å². The Morgan fingerprint density at radius 1 is 1.19 bits per heavy atom. The maximum absolute atomic E-state index is 10.9. The Balaban J connectivity index is 0.00000225. The minimum Gasteiger partial charge on any atom is -0.469 e. The largest absolute Gasteiger partial charge is 0.469 e. The molecule has 0 amide bonds. The monoisotopic (exact) mass is 243 g/mol. The van der Waals surface area contributed by atoms with E-state index in [9.17, 15) is 4.79 Å². The van der Waals surface area contributed by atoms with E-state index in [0.717, 1.165) is 18.4 Å². The molecule has 4 heteroatoms. The van der Waals surface area contributed by atoms with Crippen molar-refractivity contribution >= 4 is 18.4 Å². The average molecular weight is 244 g/mol. The van der Waals surface area contributed by atoms with E-state index in [1.165, 1.54) is 12.7 Å². The van der Waals surface area contributed by atoms with Gasteiger partial charge in [0.15, 0.2) is 0 Å². The normalized spacial score (nSPS) is 9.38. The summed E-state index contributed by atoms with van der Waals surface area (Å²) in [6.07, 6.45) is 2.07. The van der Waals surface area contributed by atoms with Crippen LogP contribution in [0.25, 0.3) is 0 Å². The van der Waals surface area contributed by atoms with Crippen LogP contribution in [0.4, 0.5) is 0 Å². The summed E-state index contributed by atoms with van der Waals surface area (Å²) in [6.45, 7) is 0.668. The van der Waals surface area contributed by atoms with Crippen molar-refractivity contribution in [1.29, 1.82) is 0 Å². The van der Waals surface area contributed by atoms with Crippen molar-refractivity contribution in [2.45, 2.75) is 19.3 Å². The first-order chi connectivity index (χ1) is 7.26. The Morgan fingerprint density at radius 3 is 2.12 bits per heavy atom. The van der Waals surface area contributed by atoms with Gasteiger partial charge in [-0.05, 0) is 30.5 Å². The smallest absolute Gasteiger partial charge is 0.305 e. The molecule has 0 bridgehead atoms. The molecule has 0 fully saturated rings. The second kappa shape index (κ2) is 8.13. The molecule has 0 aromatic heterocycles. The van der Waals surface area contributed by atoms with Gasteiger partial charge in [0, 0.05) is 6.42 Å². The van der Waals surface area contributed by atoms with E-state index >= 15 is 0 Å². The molecule has 2 N–H and O–H groups in total. The van der Waals surface area contributed by atoms with Crippen LogP contribution < -0.4 is 5.73 Å². The Kier molecular flexibility index (Phi) is 7.60. The van der Waals surface area contributed by atoms with Gasteiger partial charge in [-0.15, -0.1) is 12.4 Å². The number of aryl methyl sites for hydroxylation is 1. The zero-order valence-corrected chi connectivity index (χ0v) is 10.3. The molecule has 0 aliphatic rings. The number of methoxy groups -OCH3 is 1. The van der Waals surface area contributed by atoms with Crippen LogP contribution in [-0.2, 0) is 22.4 Å². The van der Waals surface area contributed by atoms with Crippen LogP contribution in [0.3, 0.4) is 0 Å². The van der Waals surface area contributed by atoms with Crippen LogP contribution in [0.1, 0.15) is 17.5 Å². The summed E-state index contributed by atoms with van der Waals surface area (Å²) in [4.78, 5) is 10.9. The van der Waals surface area contributed by atoms with E-state index in [4.69, 9.17) is 5.73 Å². The van der Waals surface area contributed by atoms with Gasteiger partial charge >= 0.3 is 5.97 Å². The van der Waals surface area contributed by atoms with E-state index in [1.807, 2.05) is 12.1 Å². The number of hydrogen-bond donors (Lipinski definition) is 1. The van der Waals surface area contributed by atoms with Gasteiger partial charge in [-0.3, -0.25) is 4.79 Å². The molecule has 0 atom stereocenters. The molecule has 90 valence electrons. The zero-order chi connectivity index (χ0) is 11.1. The first kappa shape index (κ1) is 14.9. The lowest BCUT2D eigenvalue weighted by Gasteiger charge is -2.02. The zero-order valence-electron chi connectivity index (χ0n) is 9.44. The topological polar surface area (TPSA) is 52.3 Å². The quantitative estimate of drug-likeness (QED) is 0.802. The molecular weight excluding hydrogens is 226 g/mol. The fourth-order valence-electron chi connectivity index (χ4n) is 1.39. The first-order valence-corrected chi connectivity index (χ1v) is 5.11. The van der Waals surface area contributed by atoms with Gasteiger partial charge in [-0.2, -0.15) is 0 Å². The minimum absolute atomic E-state index is 0. The van der Waals surface area contributed by atoms with Crippen LogP contribution >= 0.6 is 12.4 Å². The number of carbonyl (C=O) groups excluding carboxylic acids is 1. The van der Waals surface area contributed by atoms with Gasteiger partial charge in [0.2, 0.25) is 0 Å². The van der Waals surface area contributed by atoms with E-state index in [-0.39, 0.29) is 18.4 Å². The third kappa shape index (κ3) is 5.14. The summed E-state index contributed by atoms with van der Waals surface area (Å²) in [6, 6.07) is 8.18. The number of rotatable bonds is 5. The van der Waals surface area contributed by atoms with Gasteiger partial charge in [0.05, 0.1) is 7.11 Å². The molecule has 3 nitrogen and oxygen atoms in total. The molecule has 0 saturated heterocycles. The number of esters is 1. The second-order valence-corrected chi connectivity index (χ2v) is 3.43. The highest BCUT2D eigenvalue weighted by Gasteiger charge is 2.01. The lowest BCUT2D eigenvalue weighted by atomic mass is 10.1. The third-order valence-electron chi connectivity index (χ3n) is 2.30. The Hall–Kier alpha value is -1.06. The molecule has 0 saturated carbocycles. The molecular formula is C12H18ClNO2. The fourth-order valence-corrected chi connectivity index (χ4v) is 1.39. The van der Waals surface area contributed by atoms with Crippen LogP contribution in [0.5, 0.6) is 0 Å². The molecule has 0 aliphatic heterocycles. The SMILES string of the molecule is COC(=O)CCc1ccc(CCN)cc1.Cl. The van der Waals surface area contributed by atoms with Crippen molar-refractivity contribution < 1.29 is 9.53 Å². The fraction of sp³-hybridized carbons (Fsp3) is 0.417. The predicted octanol–water partition coefficient (Wildman–Crippen LogP) is 1.72. The third-order valence-corrected chi connectivity index (χ3v) is 2.30. The van der Waals surface area contributed by atoms with Crippen molar-refractivity contribution in [3.05, 3.63) is 35.4 Å². The highest BCUT2D eigenvalue weighted by Crippen LogP contribution is 2.07. The summed E-state index contributed by atoms with van der Waals surface area (Å²) < 4.78 is 4.58. The van der Waals surface area contributed by atoms with Gasteiger partial charge in [0.25, 0.3) is 0 Å². The first-order valence-electron chi connectivity index (χ1n) is 5.11. The number of nitrogens with two attached hydrogens (primary N) is 1. The van der Waals surface area contributed by atoms with Crippen molar-refractivity contribution in [2.75, 3.05) is 13.7 Å². The number of ether oxygens (including phenoxy) is 1. The van der Waals surface area contributed by atoms with E-state index in [0.29, 0.717) is 13.0 Å². The number of carbonyl (C=O) groups is 1. The van der Waals surface area contributed by atoms with E-state index in [1.54, 1.807) is 0 Å². The van der Waals surface area contributed by atoms with Crippen LogP contribution in [0.15, 0.2) is 24.3 Å². The summed E-state index contributed by atoms with van der Waals surface area (Å²) in [5.41, 5.74) is 7.84. The number of hydrogen-bond acceptors (Lipinski definition) is 3. The molecule has 0 radical (unpaired) electrons. The molecule has 0 unspecified atom stereocenters. The molecule has 0 aliphatic carbocycles. The molecule has 16 heavy (non-hydrogen) atoms. The molecule has 1 rings (SSSR count). The molecule has 0 spiro atoms. The van der Waals surface area contributed by atoms with Gasteiger partial charge in [-0.25, -0.2) is 0 Å². The van der Waals surface area contributed by atoms with Crippen molar-refractivity contribution in [3.8, 4) is 0 Å². The second-order valence-electron chi connectivity index (χ2n) is 3.43. The molecule has 1 aromatic rings. The Morgan fingerprint density at radius 2 is 1.69 bits per heavy atom.